The number of rotatable bonds is 4. The van der Waals surface area contributed by atoms with E-state index >= 15 is 0 Å². The highest BCUT2D eigenvalue weighted by molar-refractivity contribution is 14.0. The molecule has 0 atom stereocenters. The van der Waals surface area contributed by atoms with Gasteiger partial charge in [0.15, 0.2) is 5.96 Å². The van der Waals surface area contributed by atoms with Gasteiger partial charge in [-0.25, -0.2) is 0 Å². The number of hydrogen-bond acceptors (Lipinski definition) is 2. The number of aliphatic imine (C=N–C) groups is 1. The summed E-state index contributed by atoms with van der Waals surface area (Å²) in [5.41, 5.74) is 3.92. The maximum Gasteiger partial charge on any atom is 0.193 e. The molecule has 0 spiro atoms. The predicted octanol–water partition coefficient (Wildman–Crippen LogP) is 4.00. The van der Waals surface area contributed by atoms with Crippen LogP contribution in [0.1, 0.15) is 24.1 Å². The van der Waals surface area contributed by atoms with Gasteiger partial charge in [-0.05, 0) is 30.5 Å². The molecule has 1 saturated heterocycles. The van der Waals surface area contributed by atoms with Gasteiger partial charge in [0.05, 0.1) is 0 Å². The van der Waals surface area contributed by atoms with E-state index in [0.717, 1.165) is 50.6 Å². The van der Waals surface area contributed by atoms with Gasteiger partial charge < -0.3 is 10.2 Å². The Hall–Kier alpha value is -1.89. The first kappa shape index (κ1) is 20.4. The number of hydrogen-bond donors (Lipinski definition) is 1. The van der Waals surface area contributed by atoms with Gasteiger partial charge >= 0.3 is 0 Å². The van der Waals surface area contributed by atoms with Crippen molar-refractivity contribution in [3.05, 3.63) is 71.6 Å². The van der Waals surface area contributed by atoms with Crippen LogP contribution in [-0.2, 0) is 6.42 Å². The quantitative estimate of drug-likeness (QED) is 0.425. The van der Waals surface area contributed by atoms with Crippen LogP contribution in [0.2, 0.25) is 0 Å². The highest BCUT2D eigenvalue weighted by Crippen LogP contribution is 2.19. The van der Waals surface area contributed by atoms with Crippen LogP contribution in [0.3, 0.4) is 0 Å². The molecule has 3 rings (SSSR count). The van der Waals surface area contributed by atoms with Crippen molar-refractivity contribution >= 4 is 36.0 Å². The van der Waals surface area contributed by atoms with Gasteiger partial charge in [0.25, 0.3) is 0 Å². The van der Waals surface area contributed by atoms with Crippen LogP contribution in [0.4, 0.5) is 0 Å². The van der Waals surface area contributed by atoms with Gasteiger partial charge in [0.2, 0.25) is 0 Å². The lowest BCUT2D eigenvalue weighted by molar-refractivity contribution is 0.376. The normalized spacial score (nSPS) is 14.6. The molecule has 1 N–H and O–H groups in total. The van der Waals surface area contributed by atoms with Crippen molar-refractivity contribution < 1.29 is 0 Å². The zero-order chi connectivity index (χ0) is 17.3. The Balaban J connectivity index is 0.00000243. The molecule has 1 aromatic carbocycles. The molecule has 2 heterocycles. The molecule has 0 aliphatic carbocycles. The van der Waals surface area contributed by atoms with Crippen molar-refractivity contribution in [2.45, 2.75) is 19.3 Å². The third kappa shape index (κ3) is 6.12. The average molecular weight is 462 g/mol. The van der Waals surface area contributed by atoms with Crippen LogP contribution in [0.5, 0.6) is 0 Å². The summed E-state index contributed by atoms with van der Waals surface area (Å²) in [5, 5.41) is 3.47. The van der Waals surface area contributed by atoms with E-state index in [1.165, 1.54) is 11.1 Å². The first-order valence-electron chi connectivity index (χ1n) is 8.95. The summed E-state index contributed by atoms with van der Waals surface area (Å²) in [5.74, 6) is 0.995. The van der Waals surface area contributed by atoms with Crippen molar-refractivity contribution in [1.82, 2.24) is 15.2 Å². The summed E-state index contributed by atoms with van der Waals surface area (Å²) < 4.78 is 0. The van der Waals surface area contributed by atoms with E-state index in [-0.39, 0.29) is 24.0 Å². The molecule has 0 saturated carbocycles. The average Bonchev–Trinajstić information content (AvgIpc) is 2.68. The largest absolute Gasteiger partial charge is 0.356 e. The fraction of sp³-hybridized carbons (Fsp3) is 0.333. The molecular formula is C21H27IN4. The number of pyridine rings is 1. The van der Waals surface area contributed by atoms with Crippen LogP contribution in [-0.4, -0.2) is 42.5 Å². The van der Waals surface area contributed by atoms with Gasteiger partial charge in [0, 0.05) is 45.0 Å². The Morgan fingerprint density at radius 2 is 1.85 bits per heavy atom. The SMILES string of the molecule is CN=C(NCCc1ccccn1)N1CCC(=Cc2ccccc2)CC1.I. The van der Waals surface area contributed by atoms with Crippen molar-refractivity contribution in [3.63, 3.8) is 0 Å². The van der Waals surface area contributed by atoms with E-state index in [1.807, 2.05) is 25.4 Å². The Labute approximate surface area is 173 Å². The number of nitrogens with one attached hydrogen (secondary N) is 1. The van der Waals surface area contributed by atoms with E-state index in [1.54, 1.807) is 0 Å². The molecule has 0 radical (unpaired) electrons. The monoisotopic (exact) mass is 462 g/mol. The van der Waals surface area contributed by atoms with E-state index in [0.29, 0.717) is 0 Å². The van der Waals surface area contributed by atoms with E-state index in [4.69, 9.17) is 0 Å². The fourth-order valence-electron chi connectivity index (χ4n) is 3.12. The lowest BCUT2D eigenvalue weighted by Gasteiger charge is -2.31. The zero-order valence-corrected chi connectivity index (χ0v) is 17.6. The number of nitrogens with zero attached hydrogens (tertiary/aromatic N) is 3. The maximum absolute atomic E-state index is 4.44. The predicted molar refractivity (Wildman–Crippen MR) is 120 cm³/mol. The molecule has 1 aliphatic rings. The third-order valence-electron chi connectivity index (χ3n) is 4.48. The minimum atomic E-state index is 0. The van der Waals surface area contributed by atoms with Gasteiger partial charge in [-0.1, -0.05) is 48.0 Å². The smallest absolute Gasteiger partial charge is 0.193 e. The van der Waals surface area contributed by atoms with Crippen LogP contribution in [0, 0.1) is 0 Å². The van der Waals surface area contributed by atoms with Crippen molar-refractivity contribution in [1.29, 1.82) is 0 Å². The molecule has 1 aliphatic heterocycles. The topological polar surface area (TPSA) is 40.5 Å². The number of piperidine rings is 1. The maximum atomic E-state index is 4.44. The van der Waals surface area contributed by atoms with E-state index in [2.05, 4.69) is 62.7 Å². The van der Waals surface area contributed by atoms with E-state index < -0.39 is 0 Å². The lowest BCUT2D eigenvalue weighted by atomic mass is 10.0. The highest BCUT2D eigenvalue weighted by Gasteiger charge is 2.16. The van der Waals surface area contributed by atoms with Gasteiger partial charge in [-0.3, -0.25) is 9.98 Å². The number of likely N-dealkylation sites (tertiary alicyclic amines) is 1. The first-order valence-corrected chi connectivity index (χ1v) is 8.95. The van der Waals surface area contributed by atoms with E-state index in [9.17, 15) is 0 Å². The van der Waals surface area contributed by atoms with Gasteiger partial charge in [-0.2, -0.15) is 0 Å². The zero-order valence-electron chi connectivity index (χ0n) is 15.3. The molecule has 0 amide bonds. The van der Waals surface area contributed by atoms with Gasteiger partial charge in [0.1, 0.15) is 0 Å². The molecular weight excluding hydrogens is 435 g/mol. The standard InChI is InChI=1S/C21H26N4.HI/c1-22-21(24-14-10-20-9-5-6-13-23-20)25-15-11-19(12-16-25)17-18-7-3-2-4-8-18;/h2-9,13,17H,10-12,14-16H2,1H3,(H,22,24);1H. The number of halogens is 1. The van der Waals surface area contributed by atoms with Crippen LogP contribution < -0.4 is 5.32 Å². The molecule has 1 fully saturated rings. The Kier molecular flexibility index (Phi) is 8.61. The lowest BCUT2D eigenvalue weighted by Crippen LogP contribution is -2.45. The third-order valence-corrected chi connectivity index (χ3v) is 4.48. The summed E-state index contributed by atoms with van der Waals surface area (Å²) in [4.78, 5) is 11.2. The summed E-state index contributed by atoms with van der Waals surface area (Å²) in [7, 11) is 1.86. The first-order chi connectivity index (χ1) is 12.3. The number of benzene rings is 1. The summed E-state index contributed by atoms with van der Waals surface area (Å²) in [6, 6.07) is 16.6. The van der Waals surface area contributed by atoms with Crippen LogP contribution >= 0.6 is 24.0 Å². The number of guanidine groups is 1. The van der Waals surface area contributed by atoms with Gasteiger partial charge in [-0.15, -0.1) is 24.0 Å². The molecule has 2 aromatic rings. The Morgan fingerprint density at radius 3 is 2.50 bits per heavy atom. The minimum Gasteiger partial charge on any atom is -0.356 e. The fourth-order valence-corrected chi connectivity index (χ4v) is 3.12. The summed E-state index contributed by atoms with van der Waals surface area (Å²) >= 11 is 0. The highest BCUT2D eigenvalue weighted by atomic mass is 127. The molecule has 4 nitrogen and oxygen atoms in total. The minimum absolute atomic E-state index is 0. The summed E-state index contributed by atoms with van der Waals surface area (Å²) in [6.07, 6.45) is 7.27. The Bertz CT molecular complexity index is 703. The molecule has 0 unspecified atom stereocenters. The van der Waals surface area contributed by atoms with Crippen molar-refractivity contribution in [3.8, 4) is 0 Å². The van der Waals surface area contributed by atoms with Crippen LogP contribution in [0.15, 0.2) is 65.3 Å². The van der Waals surface area contributed by atoms with Crippen molar-refractivity contribution in [2.75, 3.05) is 26.7 Å². The second-order valence-corrected chi connectivity index (χ2v) is 6.25. The summed E-state index contributed by atoms with van der Waals surface area (Å²) in [6.45, 7) is 2.89. The second kappa shape index (κ2) is 11.0. The second-order valence-electron chi connectivity index (χ2n) is 6.25. The van der Waals surface area contributed by atoms with Crippen molar-refractivity contribution in [2.24, 2.45) is 4.99 Å². The Morgan fingerprint density at radius 1 is 1.12 bits per heavy atom. The number of aromatic nitrogens is 1. The molecule has 26 heavy (non-hydrogen) atoms. The van der Waals surface area contributed by atoms with Crippen LogP contribution in [0.25, 0.3) is 6.08 Å². The molecule has 138 valence electrons. The molecule has 1 aromatic heterocycles. The molecule has 5 heteroatoms. The molecule has 0 bridgehead atoms.